The lowest BCUT2D eigenvalue weighted by atomic mass is 10.1. The third kappa shape index (κ3) is 10.1. The maximum Gasteiger partial charge on any atom is 0.238 e. The molecule has 0 aliphatic rings. The number of nitrogens with zero attached hydrogens (tertiary/aromatic N) is 1. The Morgan fingerprint density at radius 2 is 1.65 bits per heavy atom. The standard InChI is InChI=1S/C22H34N2O2/c1-3-4-5-6-7-8-9-10-11-12-17-26-21-14-13-19(2)18-20(21)24-22(25)15-16-23/h13-14,18H,3-12,15,17H2,1-2H3,(H,24,25). The number of anilines is 1. The van der Waals surface area contributed by atoms with Gasteiger partial charge in [-0.1, -0.05) is 70.8 Å². The summed E-state index contributed by atoms with van der Waals surface area (Å²) in [6, 6.07) is 7.59. The molecule has 0 heterocycles. The number of hydrogen-bond donors (Lipinski definition) is 1. The van der Waals surface area contributed by atoms with Crippen LogP contribution in [0.15, 0.2) is 18.2 Å². The first-order valence-corrected chi connectivity index (χ1v) is 10.1. The van der Waals surface area contributed by atoms with E-state index in [1.807, 2.05) is 31.2 Å². The molecule has 0 unspecified atom stereocenters. The Bertz CT molecular complexity index is 564. The van der Waals surface area contributed by atoms with E-state index in [0.717, 1.165) is 12.0 Å². The molecule has 0 spiro atoms. The fourth-order valence-corrected chi connectivity index (χ4v) is 2.91. The largest absolute Gasteiger partial charge is 0.491 e. The van der Waals surface area contributed by atoms with Crippen LogP contribution >= 0.6 is 0 Å². The van der Waals surface area contributed by atoms with Crippen molar-refractivity contribution in [1.82, 2.24) is 0 Å². The lowest BCUT2D eigenvalue weighted by molar-refractivity contribution is -0.115. The van der Waals surface area contributed by atoms with Gasteiger partial charge < -0.3 is 10.1 Å². The Morgan fingerprint density at radius 3 is 2.27 bits per heavy atom. The second kappa shape index (κ2) is 14.2. The Hall–Kier alpha value is -2.02. The summed E-state index contributed by atoms with van der Waals surface area (Å²) in [5, 5.41) is 11.4. The van der Waals surface area contributed by atoms with Crippen LogP contribution in [0.3, 0.4) is 0 Å². The molecule has 4 heteroatoms. The van der Waals surface area contributed by atoms with Crippen LogP contribution in [0.5, 0.6) is 5.75 Å². The van der Waals surface area contributed by atoms with E-state index in [1.165, 1.54) is 57.8 Å². The van der Waals surface area contributed by atoms with Gasteiger partial charge in [0, 0.05) is 0 Å². The number of nitriles is 1. The van der Waals surface area contributed by atoms with E-state index in [0.29, 0.717) is 18.0 Å². The number of rotatable bonds is 14. The third-order valence-electron chi connectivity index (χ3n) is 4.40. The van der Waals surface area contributed by atoms with Gasteiger partial charge in [0.05, 0.1) is 18.4 Å². The molecule has 0 radical (unpaired) electrons. The minimum atomic E-state index is -0.304. The molecular formula is C22H34N2O2. The second-order valence-corrected chi connectivity index (χ2v) is 6.91. The number of nitrogens with one attached hydrogen (secondary N) is 1. The highest BCUT2D eigenvalue weighted by Crippen LogP contribution is 2.26. The smallest absolute Gasteiger partial charge is 0.238 e. The Kier molecular flexibility index (Phi) is 12.0. The van der Waals surface area contributed by atoms with Crippen molar-refractivity contribution >= 4 is 11.6 Å². The summed E-state index contributed by atoms with van der Waals surface area (Å²) in [6.45, 7) is 4.87. The van der Waals surface area contributed by atoms with E-state index in [9.17, 15) is 4.79 Å². The summed E-state index contributed by atoms with van der Waals surface area (Å²) in [4.78, 5) is 11.6. The molecule has 0 aliphatic carbocycles. The lowest BCUT2D eigenvalue weighted by Crippen LogP contribution is -2.12. The lowest BCUT2D eigenvalue weighted by Gasteiger charge is -2.13. The van der Waals surface area contributed by atoms with Crippen LogP contribution in [-0.4, -0.2) is 12.5 Å². The first kappa shape index (κ1) is 22.0. The number of ether oxygens (including phenoxy) is 1. The van der Waals surface area contributed by atoms with E-state index in [1.54, 1.807) is 0 Å². The maximum absolute atomic E-state index is 11.6. The number of unbranched alkanes of at least 4 members (excludes halogenated alkanes) is 9. The molecule has 4 nitrogen and oxygen atoms in total. The highest BCUT2D eigenvalue weighted by molar-refractivity contribution is 5.93. The fourth-order valence-electron chi connectivity index (χ4n) is 2.91. The average Bonchev–Trinajstić information content (AvgIpc) is 2.61. The molecule has 26 heavy (non-hydrogen) atoms. The molecule has 0 atom stereocenters. The molecule has 1 N–H and O–H groups in total. The second-order valence-electron chi connectivity index (χ2n) is 6.91. The van der Waals surface area contributed by atoms with Crippen LogP contribution in [0.2, 0.25) is 0 Å². The van der Waals surface area contributed by atoms with Crippen molar-refractivity contribution in [3.63, 3.8) is 0 Å². The van der Waals surface area contributed by atoms with Gasteiger partial charge >= 0.3 is 0 Å². The first-order chi connectivity index (χ1) is 12.7. The molecular weight excluding hydrogens is 324 g/mol. The van der Waals surface area contributed by atoms with Gasteiger partial charge in [0.2, 0.25) is 5.91 Å². The number of benzene rings is 1. The van der Waals surface area contributed by atoms with Gasteiger partial charge in [-0.15, -0.1) is 0 Å². The molecule has 0 fully saturated rings. The van der Waals surface area contributed by atoms with Crippen molar-refractivity contribution in [2.45, 2.75) is 84.5 Å². The highest BCUT2D eigenvalue weighted by atomic mass is 16.5. The van der Waals surface area contributed by atoms with Crippen molar-refractivity contribution < 1.29 is 9.53 Å². The van der Waals surface area contributed by atoms with E-state index in [2.05, 4.69) is 12.2 Å². The molecule has 1 aromatic carbocycles. The molecule has 0 saturated heterocycles. The molecule has 0 aromatic heterocycles. The fraction of sp³-hybridized carbons (Fsp3) is 0.636. The molecule has 1 amide bonds. The van der Waals surface area contributed by atoms with E-state index < -0.39 is 0 Å². The summed E-state index contributed by atoms with van der Waals surface area (Å²) < 4.78 is 5.85. The normalized spacial score (nSPS) is 10.3. The van der Waals surface area contributed by atoms with Crippen LogP contribution in [0.4, 0.5) is 5.69 Å². The van der Waals surface area contributed by atoms with Gasteiger partial charge in [0.25, 0.3) is 0 Å². The number of carbonyl (C=O) groups excluding carboxylic acids is 1. The molecule has 0 saturated carbocycles. The van der Waals surface area contributed by atoms with E-state index in [-0.39, 0.29) is 12.3 Å². The van der Waals surface area contributed by atoms with Gasteiger partial charge in [-0.3, -0.25) is 4.79 Å². The summed E-state index contributed by atoms with van der Waals surface area (Å²) in [5.41, 5.74) is 1.70. The predicted molar refractivity (Wildman–Crippen MR) is 107 cm³/mol. The van der Waals surface area contributed by atoms with Gasteiger partial charge in [-0.2, -0.15) is 5.26 Å². The zero-order valence-electron chi connectivity index (χ0n) is 16.5. The van der Waals surface area contributed by atoms with Crippen molar-refractivity contribution in [2.24, 2.45) is 0 Å². The summed E-state index contributed by atoms with van der Waals surface area (Å²) in [5.74, 6) is 0.375. The van der Waals surface area contributed by atoms with Gasteiger partial charge in [0.15, 0.2) is 0 Å². The predicted octanol–water partition coefficient (Wildman–Crippen LogP) is 6.15. The monoisotopic (exact) mass is 358 g/mol. The number of amides is 1. The zero-order chi connectivity index (χ0) is 19.0. The van der Waals surface area contributed by atoms with E-state index >= 15 is 0 Å². The van der Waals surface area contributed by atoms with E-state index in [4.69, 9.17) is 10.00 Å². The zero-order valence-corrected chi connectivity index (χ0v) is 16.5. The van der Waals surface area contributed by atoms with Crippen LogP contribution in [-0.2, 0) is 4.79 Å². The Morgan fingerprint density at radius 1 is 1.04 bits per heavy atom. The molecule has 0 aliphatic heterocycles. The van der Waals surface area contributed by atoms with Crippen LogP contribution < -0.4 is 10.1 Å². The summed E-state index contributed by atoms with van der Waals surface area (Å²) in [6.07, 6.45) is 12.8. The molecule has 0 bridgehead atoms. The minimum Gasteiger partial charge on any atom is -0.491 e. The Balaban J connectivity index is 2.20. The van der Waals surface area contributed by atoms with Gasteiger partial charge in [0.1, 0.15) is 12.2 Å². The molecule has 1 rings (SSSR count). The van der Waals surface area contributed by atoms with Crippen molar-refractivity contribution in [3.8, 4) is 11.8 Å². The first-order valence-electron chi connectivity index (χ1n) is 10.1. The van der Waals surface area contributed by atoms with Gasteiger partial charge in [-0.25, -0.2) is 0 Å². The van der Waals surface area contributed by atoms with Crippen LogP contribution in [0.1, 0.15) is 83.1 Å². The highest BCUT2D eigenvalue weighted by Gasteiger charge is 2.08. The SMILES string of the molecule is CCCCCCCCCCCCOc1ccc(C)cc1NC(=O)CC#N. The van der Waals surface area contributed by atoms with Gasteiger partial charge in [-0.05, 0) is 31.0 Å². The number of carbonyl (C=O) groups is 1. The topological polar surface area (TPSA) is 62.1 Å². The van der Waals surface area contributed by atoms with Crippen molar-refractivity contribution in [3.05, 3.63) is 23.8 Å². The maximum atomic E-state index is 11.6. The van der Waals surface area contributed by atoms with Crippen molar-refractivity contribution in [2.75, 3.05) is 11.9 Å². The van der Waals surface area contributed by atoms with Crippen molar-refractivity contribution in [1.29, 1.82) is 5.26 Å². The number of aryl methyl sites for hydroxylation is 1. The number of hydrogen-bond acceptors (Lipinski definition) is 3. The molecule has 144 valence electrons. The summed E-state index contributed by atoms with van der Waals surface area (Å²) >= 11 is 0. The third-order valence-corrected chi connectivity index (χ3v) is 4.40. The quantitative estimate of drug-likeness (QED) is 0.406. The molecule has 1 aromatic rings. The minimum absolute atomic E-state index is 0.147. The van der Waals surface area contributed by atoms with Crippen LogP contribution in [0, 0.1) is 18.3 Å². The van der Waals surface area contributed by atoms with Crippen LogP contribution in [0.25, 0.3) is 0 Å². The Labute approximate surface area is 158 Å². The average molecular weight is 359 g/mol. The summed E-state index contributed by atoms with van der Waals surface area (Å²) in [7, 11) is 0.